The van der Waals surface area contributed by atoms with Gasteiger partial charge in [-0.1, -0.05) is 6.07 Å². The SMILES string of the molecule is CC(=O)N1CCc2ccc(S(=O)(=O)N(C)C(C)CN)cc21.Cl. The van der Waals surface area contributed by atoms with Gasteiger partial charge in [0.25, 0.3) is 0 Å². The molecule has 8 heteroatoms. The molecule has 1 aliphatic rings. The Morgan fingerprint density at radius 3 is 2.64 bits per heavy atom. The number of amides is 1. The minimum Gasteiger partial charge on any atom is -0.329 e. The first-order valence-electron chi connectivity index (χ1n) is 6.88. The van der Waals surface area contributed by atoms with Crippen LogP contribution in [0, 0.1) is 0 Å². The number of carbonyl (C=O) groups is 1. The molecule has 0 spiro atoms. The van der Waals surface area contributed by atoms with Crippen molar-refractivity contribution in [2.24, 2.45) is 5.73 Å². The smallest absolute Gasteiger partial charge is 0.243 e. The van der Waals surface area contributed by atoms with Crippen molar-refractivity contribution in [3.05, 3.63) is 23.8 Å². The first-order valence-corrected chi connectivity index (χ1v) is 8.32. The van der Waals surface area contributed by atoms with Gasteiger partial charge >= 0.3 is 0 Å². The first-order chi connectivity index (χ1) is 9.78. The quantitative estimate of drug-likeness (QED) is 0.880. The van der Waals surface area contributed by atoms with E-state index in [1.807, 2.05) is 0 Å². The molecule has 0 saturated carbocycles. The van der Waals surface area contributed by atoms with E-state index in [9.17, 15) is 13.2 Å². The van der Waals surface area contributed by atoms with Crippen molar-refractivity contribution in [3.63, 3.8) is 0 Å². The van der Waals surface area contributed by atoms with Crippen LogP contribution in [0.25, 0.3) is 0 Å². The highest BCUT2D eigenvalue weighted by Gasteiger charge is 2.28. The molecule has 1 aliphatic heterocycles. The van der Waals surface area contributed by atoms with E-state index in [0.717, 1.165) is 12.0 Å². The molecule has 0 saturated heterocycles. The van der Waals surface area contributed by atoms with Crippen molar-refractivity contribution in [1.29, 1.82) is 0 Å². The predicted molar refractivity (Wildman–Crippen MR) is 88.9 cm³/mol. The molecule has 0 radical (unpaired) electrons. The van der Waals surface area contributed by atoms with Crippen molar-refractivity contribution in [1.82, 2.24) is 4.31 Å². The number of hydrogen-bond donors (Lipinski definition) is 1. The molecule has 2 N–H and O–H groups in total. The third kappa shape index (κ3) is 3.27. The molecule has 1 heterocycles. The Morgan fingerprint density at radius 2 is 2.09 bits per heavy atom. The molecule has 0 aliphatic carbocycles. The maximum absolute atomic E-state index is 12.6. The van der Waals surface area contributed by atoms with Gasteiger partial charge in [0.1, 0.15) is 0 Å². The topological polar surface area (TPSA) is 83.7 Å². The van der Waals surface area contributed by atoms with Crippen molar-refractivity contribution in [2.45, 2.75) is 31.2 Å². The standard InChI is InChI=1S/C14H21N3O3S.ClH/c1-10(9-15)16(3)21(19,20)13-5-4-12-6-7-17(11(2)18)14(12)8-13;/h4-5,8,10H,6-7,9,15H2,1-3H3;1H. The predicted octanol–water partition coefficient (Wildman–Crippen LogP) is 0.985. The van der Waals surface area contributed by atoms with Crippen molar-refractivity contribution >= 4 is 34.0 Å². The highest BCUT2D eigenvalue weighted by molar-refractivity contribution is 7.89. The van der Waals surface area contributed by atoms with Gasteiger partial charge in [-0.05, 0) is 31.0 Å². The van der Waals surface area contributed by atoms with Crippen molar-refractivity contribution < 1.29 is 13.2 Å². The molecule has 1 unspecified atom stereocenters. The molecule has 1 atom stereocenters. The second-order valence-electron chi connectivity index (χ2n) is 5.32. The second-order valence-corrected chi connectivity index (χ2v) is 7.31. The largest absolute Gasteiger partial charge is 0.329 e. The lowest BCUT2D eigenvalue weighted by Crippen LogP contribution is -2.39. The van der Waals surface area contributed by atoms with E-state index in [1.165, 1.54) is 18.3 Å². The maximum Gasteiger partial charge on any atom is 0.243 e. The zero-order valence-electron chi connectivity index (χ0n) is 12.9. The van der Waals surface area contributed by atoms with Gasteiger partial charge in [-0.2, -0.15) is 4.31 Å². The molecule has 6 nitrogen and oxygen atoms in total. The van der Waals surface area contributed by atoms with E-state index >= 15 is 0 Å². The monoisotopic (exact) mass is 347 g/mol. The van der Waals surface area contributed by atoms with Gasteiger partial charge in [0, 0.05) is 38.8 Å². The Morgan fingerprint density at radius 1 is 1.45 bits per heavy atom. The summed E-state index contributed by atoms with van der Waals surface area (Å²) < 4.78 is 26.4. The average Bonchev–Trinajstić information content (AvgIpc) is 2.88. The lowest BCUT2D eigenvalue weighted by atomic mass is 10.2. The molecule has 1 aromatic rings. The molecule has 0 fully saturated rings. The number of benzene rings is 1. The average molecular weight is 348 g/mol. The Balaban J connectivity index is 0.00000242. The van der Waals surface area contributed by atoms with Crippen LogP contribution in [0.4, 0.5) is 5.69 Å². The first kappa shape index (κ1) is 18.9. The van der Waals surface area contributed by atoms with Crippen LogP contribution in [0.15, 0.2) is 23.1 Å². The number of nitrogens with zero attached hydrogens (tertiary/aromatic N) is 2. The minimum absolute atomic E-state index is 0. The summed E-state index contributed by atoms with van der Waals surface area (Å²) in [5.74, 6) is -0.0769. The van der Waals surface area contributed by atoms with E-state index in [4.69, 9.17) is 5.73 Å². The van der Waals surface area contributed by atoms with Crippen LogP contribution in [-0.2, 0) is 21.2 Å². The number of anilines is 1. The van der Waals surface area contributed by atoms with E-state index in [1.54, 1.807) is 30.0 Å². The molecule has 1 amide bonds. The van der Waals surface area contributed by atoms with Crippen molar-refractivity contribution in [3.8, 4) is 0 Å². The van der Waals surface area contributed by atoms with Gasteiger partial charge in [-0.15, -0.1) is 12.4 Å². The van der Waals surface area contributed by atoms with E-state index in [-0.39, 0.29) is 35.8 Å². The van der Waals surface area contributed by atoms with Gasteiger partial charge in [-0.25, -0.2) is 8.42 Å². The van der Waals surface area contributed by atoms with E-state index in [0.29, 0.717) is 12.2 Å². The van der Waals surface area contributed by atoms with Gasteiger partial charge in [-0.3, -0.25) is 4.79 Å². The lowest BCUT2D eigenvalue weighted by Gasteiger charge is -2.24. The Bertz CT molecular complexity index is 663. The summed E-state index contributed by atoms with van der Waals surface area (Å²) in [5.41, 5.74) is 7.23. The summed E-state index contributed by atoms with van der Waals surface area (Å²) >= 11 is 0. The zero-order chi connectivity index (χ0) is 15.8. The van der Waals surface area contributed by atoms with Crippen LogP contribution < -0.4 is 10.6 Å². The summed E-state index contributed by atoms with van der Waals surface area (Å²) in [6.07, 6.45) is 0.754. The lowest BCUT2D eigenvalue weighted by molar-refractivity contribution is -0.116. The summed E-state index contributed by atoms with van der Waals surface area (Å²) in [4.78, 5) is 13.4. The van der Waals surface area contributed by atoms with Crippen LogP contribution in [0.2, 0.25) is 0 Å². The van der Waals surface area contributed by atoms with E-state index in [2.05, 4.69) is 0 Å². The minimum atomic E-state index is -3.61. The fraction of sp³-hybridized carbons (Fsp3) is 0.500. The Kier molecular flexibility index (Phi) is 5.97. The molecule has 124 valence electrons. The van der Waals surface area contributed by atoms with Gasteiger partial charge in [0.05, 0.1) is 4.90 Å². The van der Waals surface area contributed by atoms with Crippen LogP contribution in [0.3, 0.4) is 0 Å². The van der Waals surface area contributed by atoms with E-state index < -0.39 is 10.0 Å². The van der Waals surface area contributed by atoms with Crippen molar-refractivity contribution in [2.75, 3.05) is 25.0 Å². The van der Waals surface area contributed by atoms with Gasteiger partial charge in [0.2, 0.25) is 15.9 Å². The molecule has 0 aromatic heterocycles. The number of likely N-dealkylation sites (N-methyl/N-ethyl adjacent to an activating group) is 1. The Hall–Kier alpha value is -1.15. The molecule has 22 heavy (non-hydrogen) atoms. The third-order valence-electron chi connectivity index (χ3n) is 3.97. The third-order valence-corrected chi connectivity index (χ3v) is 5.94. The molecule has 1 aromatic carbocycles. The molecular formula is C14H22ClN3O3S. The summed E-state index contributed by atoms with van der Waals surface area (Å²) in [6, 6.07) is 4.68. The number of carbonyl (C=O) groups excluding carboxylic acids is 1. The maximum atomic E-state index is 12.6. The fourth-order valence-electron chi connectivity index (χ4n) is 2.40. The van der Waals surface area contributed by atoms with Crippen LogP contribution >= 0.6 is 12.4 Å². The second kappa shape index (κ2) is 6.95. The number of sulfonamides is 1. The summed E-state index contributed by atoms with van der Waals surface area (Å²) in [5, 5.41) is 0. The zero-order valence-corrected chi connectivity index (χ0v) is 14.6. The summed E-state index contributed by atoms with van der Waals surface area (Å²) in [6.45, 7) is 4.09. The van der Waals surface area contributed by atoms with Crippen LogP contribution in [-0.4, -0.2) is 44.8 Å². The number of rotatable bonds is 4. The highest BCUT2D eigenvalue weighted by Crippen LogP contribution is 2.31. The Labute approximate surface area is 137 Å². The number of fused-ring (bicyclic) bond motifs is 1. The summed E-state index contributed by atoms with van der Waals surface area (Å²) in [7, 11) is -2.09. The number of hydrogen-bond acceptors (Lipinski definition) is 4. The highest BCUT2D eigenvalue weighted by atomic mass is 35.5. The fourth-order valence-corrected chi connectivity index (χ4v) is 3.79. The van der Waals surface area contributed by atoms with Gasteiger partial charge < -0.3 is 10.6 Å². The normalized spacial score (nSPS) is 15.4. The molecule has 2 rings (SSSR count). The number of halogens is 1. The van der Waals surface area contributed by atoms with Crippen LogP contribution in [0.5, 0.6) is 0 Å². The molecule has 0 bridgehead atoms. The van der Waals surface area contributed by atoms with Gasteiger partial charge in [0.15, 0.2) is 0 Å². The molecular weight excluding hydrogens is 326 g/mol. The number of nitrogens with two attached hydrogens (primary N) is 1. The van der Waals surface area contributed by atoms with Crippen LogP contribution in [0.1, 0.15) is 19.4 Å².